The zero-order valence-electron chi connectivity index (χ0n) is 8.70. The average Bonchev–Trinajstić information content (AvgIpc) is 2.63. The van der Waals surface area contributed by atoms with Gasteiger partial charge in [-0.15, -0.1) is 0 Å². The van der Waals surface area contributed by atoms with E-state index in [2.05, 4.69) is 4.99 Å². The fourth-order valence-electron chi connectivity index (χ4n) is 1.62. The van der Waals surface area contributed by atoms with Gasteiger partial charge in [-0.2, -0.15) is 0 Å². The summed E-state index contributed by atoms with van der Waals surface area (Å²) >= 11 is 11.8. The van der Waals surface area contributed by atoms with Crippen LogP contribution in [0.4, 0.5) is 0 Å². The van der Waals surface area contributed by atoms with Crippen LogP contribution in [0, 0.1) is 0 Å². The summed E-state index contributed by atoms with van der Waals surface area (Å²) in [5, 5.41) is 0.894. The van der Waals surface area contributed by atoms with Gasteiger partial charge >= 0.3 is 0 Å². The predicted molar refractivity (Wildman–Crippen MR) is 65.5 cm³/mol. The van der Waals surface area contributed by atoms with Gasteiger partial charge in [0.25, 0.3) is 5.91 Å². The van der Waals surface area contributed by atoms with E-state index >= 15 is 0 Å². The molecule has 0 fully saturated rings. The van der Waals surface area contributed by atoms with Gasteiger partial charge in [0.1, 0.15) is 5.84 Å². The van der Waals surface area contributed by atoms with E-state index in [-0.39, 0.29) is 5.91 Å². The summed E-state index contributed by atoms with van der Waals surface area (Å²) in [7, 11) is 0. The molecule has 0 bridgehead atoms. The third kappa shape index (κ3) is 2.06. The number of amides is 1. The van der Waals surface area contributed by atoms with Crippen LogP contribution in [0.2, 0.25) is 10.0 Å². The lowest BCUT2D eigenvalue weighted by Crippen LogP contribution is -2.32. The number of amidine groups is 1. The highest BCUT2D eigenvalue weighted by atomic mass is 35.5. The quantitative estimate of drug-likeness (QED) is 0.761. The number of halogens is 2. The standard InChI is InChI=1S/C11H10Cl2N2O/c1-7-14-4-5-15(7)11(16)9-3-2-8(12)6-10(9)13/h2-3,6H,4-5H2,1H3. The Morgan fingerprint density at radius 2 is 2.19 bits per heavy atom. The summed E-state index contributed by atoms with van der Waals surface area (Å²) in [6.45, 7) is 3.08. The molecule has 1 heterocycles. The second-order valence-corrected chi connectivity index (χ2v) is 4.35. The van der Waals surface area contributed by atoms with Crippen LogP contribution in [-0.4, -0.2) is 29.7 Å². The zero-order chi connectivity index (χ0) is 11.7. The summed E-state index contributed by atoms with van der Waals surface area (Å²) in [5.74, 6) is 0.608. The molecule has 1 aliphatic heterocycles. The number of carbonyl (C=O) groups excluding carboxylic acids is 1. The van der Waals surface area contributed by atoms with Crippen molar-refractivity contribution in [1.29, 1.82) is 0 Å². The first-order chi connectivity index (χ1) is 7.59. The van der Waals surface area contributed by atoms with Crippen molar-refractivity contribution in [3.8, 4) is 0 Å². The minimum absolute atomic E-state index is 0.125. The number of benzene rings is 1. The monoisotopic (exact) mass is 256 g/mol. The van der Waals surface area contributed by atoms with E-state index < -0.39 is 0 Å². The van der Waals surface area contributed by atoms with Crippen molar-refractivity contribution in [1.82, 2.24) is 4.90 Å². The molecule has 0 saturated carbocycles. The van der Waals surface area contributed by atoms with Crippen LogP contribution in [0.15, 0.2) is 23.2 Å². The van der Waals surface area contributed by atoms with Crippen LogP contribution in [-0.2, 0) is 0 Å². The van der Waals surface area contributed by atoms with Gasteiger partial charge in [0.2, 0.25) is 0 Å². The molecular formula is C11H10Cl2N2O. The van der Waals surface area contributed by atoms with Gasteiger partial charge in [-0.05, 0) is 25.1 Å². The lowest BCUT2D eigenvalue weighted by molar-refractivity contribution is 0.0857. The average molecular weight is 257 g/mol. The highest BCUT2D eigenvalue weighted by Gasteiger charge is 2.23. The smallest absolute Gasteiger partial charge is 0.260 e. The molecular weight excluding hydrogens is 247 g/mol. The maximum Gasteiger partial charge on any atom is 0.260 e. The van der Waals surface area contributed by atoms with Crippen molar-refractivity contribution in [3.05, 3.63) is 33.8 Å². The minimum Gasteiger partial charge on any atom is -0.295 e. The van der Waals surface area contributed by atoms with Crippen molar-refractivity contribution in [2.24, 2.45) is 4.99 Å². The van der Waals surface area contributed by atoms with Gasteiger partial charge in [0, 0.05) is 11.6 Å². The van der Waals surface area contributed by atoms with E-state index in [1.807, 2.05) is 6.92 Å². The Labute approximate surface area is 104 Å². The summed E-state index contributed by atoms with van der Waals surface area (Å²) in [6, 6.07) is 4.86. The molecule has 0 unspecified atom stereocenters. The number of hydrogen-bond donors (Lipinski definition) is 0. The summed E-state index contributed by atoms with van der Waals surface area (Å²) in [6.07, 6.45) is 0. The highest BCUT2D eigenvalue weighted by molar-refractivity contribution is 6.37. The Morgan fingerprint density at radius 3 is 2.75 bits per heavy atom. The molecule has 84 valence electrons. The third-order valence-electron chi connectivity index (χ3n) is 2.46. The molecule has 3 nitrogen and oxygen atoms in total. The Hall–Kier alpha value is -1.06. The number of carbonyl (C=O) groups is 1. The van der Waals surface area contributed by atoms with E-state index in [1.54, 1.807) is 23.1 Å². The van der Waals surface area contributed by atoms with E-state index in [4.69, 9.17) is 23.2 Å². The van der Waals surface area contributed by atoms with Crippen molar-refractivity contribution < 1.29 is 4.79 Å². The second-order valence-electron chi connectivity index (χ2n) is 3.51. The van der Waals surface area contributed by atoms with Crippen LogP contribution in [0.5, 0.6) is 0 Å². The van der Waals surface area contributed by atoms with Crippen LogP contribution < -0.4 is 0 Å². The largest absolute Gasteiger partial charge is 0.295 e. The van der Waals surface area contributed by atoms with Crippen LogP contribution >= 0.6 is 23.2 Å². The number of hydrogen-bond acceptors (Lipinski definition) is 2. The second kappa shape index (κ2) is 4.44. The van der Waals surface area contributed by atoms with E-state index in [0.29, 0.717) is 28.7 Å². The first kappa shape index (κ1) is 11.4. The molecule has 1 aliphatic rings. The zero-order valence-corrected chi connectivity index (χ0v) is 10.2. The topological polar surface area (TPSA) is 32.7 Å². The highest BCUT2D eigenvalue weighted by Crippen LogP contribution is 2.23. The molecule has 0 atom stereocenters. The maximum absolute atomic E-state index is 12.1. The van der Waals surface area contributed by atoms with Crippen molar-refractivity contribution in [3.63, 3.8) is 0 Å². The van der Waals surface area contributed by atoms with Gasteiger partial charge in [0.05, 0.1) is 17.1 Å². The number of aliphatic imine (C=N–C) groups is 1. The molecule has 0 aromatic heterocycles. The first-order valence-corrected chi connectivity index (χ1v) is 5.63. The Balaban J connectivity index is 2.31. The normalized spacial score (nSPS) is 15.2. The number of rotatable bonds is 1. The Bertz CT molecular complexity index is 471. The fourth-order valence-corrected chi connectivity index (χ4v) is 2.11. The van der Waals surface area contributed by atoms with E-state index in [0.717, 1.165) is 5.84 Å². The predicted octanol–water partition coefficient (Wildman–Crippen LogP) is 2.87. The van der Waals surface area contributed by atoms with Crippen molar-refractivity contribution in [2.45, 2.75) is 6.92 Å². The van der Waals surface area contributed by atoms with Crippen LogP contribution in [0.25, 0.3) is 0 Å². The molecule has 1 amide bonds. The van der Waals surface area contributed by atoms with Gasteiger partial charge in [-0.3, -0.25) is 14.7 Å². The molecule has 16 heavy (non-hydrogen) atoms. The molecule has 0 saturated heterocycles. The van der Waals surface area contributed by atoms with Crippen LogP contribution in [0.1, 0.15) is 17.3 Å². The van der Waals surface area contributed by atoms with E-state index in [9.17, 15) is 4.79 Å². The Kier molecular flexibility index (Phi) is 3.17. The van der Waals surface area contributed by atoms with Gasteiger partial charge in [0.15, 0.2) is 0 Å². The minimum atomic E-state index is -0.125. The van der Waals surface area contributed by atoms with Gasteiger partial charge < -0.3 is 0 Å². The summed E-state index contributed by atoms with van der Waals surface area (Å²) in [4.78, 5) is 17.9. The molecule has 2 rings (SSSR count). The van der Waals surface area contributed by atoms with Crippen molar-refractivity contribution in [2.75, 3.05) is 13.1 Å². The molecule has 1 aromatic carbocycles. The van der Waals surface area contributed by atoms with E-state index in [1.165, 1.54) is 0 Å². The third-order valence-corrected chi connectivity index (χ3v) is 3.01. The number of nitrogens with zero attached hydrogens (tertiary/aromatic N) is 2. The first-order valence-electron chi connectivity index (χ1n) is 4.87. The lowest BCUT2D eigenvalue weighted by atomic mass is 10.2. The fraction of sp³-hybridized carbons (Fsp3) is 0.273. The maximum atomic E-state index is 12.1. The molecule has 0 N–H and O–H groups in total. The molecule has 0 aliphatic carbocycles. The Morgan fingerprint density at radius 1 is 1.44 bits per heavy atom. The van der Waals surface area contributed by atoms with Gasteiger partial charge in [-0.25, -0.2) is 0 Å². The summed E-state index contributed by atoms with van der Waals surface area (Å²) < 4.78 is 0. The SMILES string of the molecule is CC1=NCCN1C(=O)c1ccc(Cl)cc1Cl. The molecule has 1 aromatic rings. The molecule has 0 radical (unpaired) electrons. The van der Waals surface area contributed by atoms with Gasteiger partial charge in [-0.1, -0.05) is 23.2 Å². The van der Waals surface area contributed by atoms with Crippen LogP contribution in [0.3, 0.4) is 0 Å². The lowest BCUT2D eigenvalue weighted by Gasteiger charge is -2.16. The summed E-state index contributed by atoms with van der Waals surface area (Å²) in [5.41, 5.74) is 0.461. The molecule has 5 heteroatoms. The molecule has 0 spiro atoms. The van der Waals surface area contributed by atoms with Crippen molar-refractivity contribution >= 4 is 34.9 Å².